The lowest BCUT2D eigenvalue weighted by Crippen LogP contribution is -2.13. The second-order valence-electron chi connectivity index (χ2n) is 6.30. The summed E-state index contributed by atoms with van der Waals surface area (Å²) in [4.78, 5) is 13.8. The van der Waals surface area contributed by atoms with Crippen LogP contribution < -0.4 is 14.8 Å². The SMILES string of the molecule is COc1ccc(-c2csc(C(=O)Nc3ccccc3OC)c2-n2cccc2)cc1. The van der Waals surface area contributed by atoms with Crippen molar-refractivity contribution in [3.05, 3.63) is 83.3 Å². The molecule has 0 spiro atoms. The molecule has 146 valence electrons. The van der Waals surface area contributed by atoms with Gasteiger partial charge in [-0.1, -0.05) is 24.3 Å². The second kappa shape index (κ2) is 8.24. The van der Waals surface area contributed by atoms with Gasteiger partial charge in [0.2, 0.25) is 0 Å². The molecule has 0 saturated carbocycles. The van der Waals surface area contributed by atoms with Crippen molar-refractivity contribution in [3.63, 3.8) is 0 Å². The predicted octanol–water partition coefficient (Wildman–Crippen LogP) is 5.48. The molecule has 29 heavy (non-hydrogen) atoms. The lowest BCUT2D eigenvalue weighted by Gasteiger charge is -2.12. The average Bonchev–Trinajstić information content (AvgIpc) is 3.44. The molecule has 0 aliphatic heterocycles. The van der Waals surface area contributed by atoms with Crippen LogP contribution in [0.25, 0.3) is 16.8 Å². The van der Waals surface area contributed by atoms with Crippen LogP contribution in [-0.4, -0.2) is 24.7 Å². The number of aromatic nitrogens is 1. The number of benzene rings is 2. The van der Waals surface area contributed by atoms with Crippen LogP contribution in [0.1, 0.15) is 9.67 Å². The fourth-order valence-corrected chi connectivity index (χ4v) is 4.12. The number of hydrogen-bond donors (Lipinski definition) is 1. The number of anilines is 1. The Morgan fingerprint density at radius 3 is 2.34 bits per heavy atom. The first-order valence-corrected chi connectivity index (χ1v) is 9.93. The quantitative estimate of drug-likeness (QED) is 0.463. The van der Waals surface area contributed by atoms with E-state index in [1.54, 1.807) is 14.2 Å². The number of nitrogens with one attached hydrogen (secondary N) is 1. The third-order valence-electron chi connectivity index (χ3n) is 4.59. The van der Waals surface area contributed by atoms with E-state index in [0.717, 1.165) is 22.6 Å². The zero-order chi connectivity index (χ0) is 20.2. The van der Waals surface area contributed by atoms with Crippen LogP contribution >= 0.6 is 11.3 Å². The monoisotopic (exact) mass is 404 g/mol. The number of ether oxygens (including phenoxy) is 2. The number of thiophene rings is 1. The van der Waals surface area contributed by atoms with E-state index < -0.39 is 0 Å². The minimum Gasteiger partial charge on any atom is -0.497 e. The number of amides is 1. The Balaban J connectivity index is 1.75. The largest absolute Gasteiger partial charge is 0.497 e. The summed E-state index contributed by atoms with van der Waals surface area (Å²) in [7, 11) is 3.23. The van der Waals surface area contributed by atoms with Crippen LogP contribution in [0.4, 0.5) is 5.69 Å². The zero-order valence-electron chi connectivity index (χ0n) is 16.1. The summed E-state index contributed by atoms with van der Waals surface area (Å²) < 4.78 is 12.6. The maximum atomic E-state index is 13.2. The molecule has 0 bridgehead atoms. The summed E-state index contributed by atoms with van der Waals surface area (Å²) in [5.41, 5.74) is 3.48. The van der Waals surface area contributed by atoms with E-state index in [2.05, 4.69) is 5.32 Å². The number of rotatable bonds is 6. The molecule has 1 amide bonds. The summed E-state index contributed by atoms with van der Waals surface area (Å²) in [5.74, 6) is 1.24. The molecule has 0 unspecified atom stereocenters. The van der Waals surface area contributed by atoms with Gasteiger partial charge in [-0.15, -0.1) is 11.3 Å². The number of carbonyl (C=O) groups excluding carboxylic acids is 1. The molecule has 0 aliphatic rings. The highest BCUT2D eigenvalue weighted by molar-refractivity contribution is 7.13. The highest BCUT2D eigenvalue weighted by Crippen LogP contribution is 2.36. The number of para-hydroxylation sites is 2. The maximum Gasteiger partial charge on any atom is 0.268 e. The van der Waals surface area contributed by atoms with Crippen LogP contribution in [0.5, 0.6) is 11.5 Å². The van der Waals surface area contributed by atoms with Gasteiger partial charge in [0.05, 0.1) is 25.6 Å². The first-order valence-electron chi connectivity index (χ1n) is 9.05. The van der Waals surface area contributed by atoms with Crippen molar-refractivity contribution in [2.75, 3.05) is 19.5 Å². The number of hydrogen-bond acceptors (Lipinski definition) is 4. The normalized spacial score (nSPS) is 10.6. The molecule has 0 atom stereocenters. The molecule has 1 N–H and O–H groups in total. The Kier molecular flexibility index (Phi) is 5.35. The van der Waals surface area contributed by atoms with E-state index in [1.807, 2.05) is 83.0 Å². The molecule has 0 radical (unpaired) electrons. The molecule has 6 heteroatoms. The van der Waals surface area contributed by atoms with Crippen LogP contribution in [0.2, 0.25) is 0 Å². The third-order valence-corrected chi connectivity index (χ3v) is 5.56. The number of carbonyl (C=O) groups is 1. The number of methoxy groups -OCH3 is 2. The van der Waals surface area contributed by atoms with Crippen molar-refractivity contribution in [3.8, 4) is 28.3 Å². The van der Waals surface area contributed by atoms with Crippen molar-refractivity contribution in [2.45, 2.75) is 0 Å². The molecule has 2 aromatic carbocycles. The second-order valence-corrected chi connectivity index (χ2v) is 7.18. The summed E-state index contributed by atoms with van der Waals surface area (Å²) in [5, 5.41) is 4.98. The van der Waals surface area contributed by atoms with Crippen molar-refractivity contribution < 1.29 is 14.3 Å². The van der Waals surface area contributed by atoms with E-state index in [9.17, 15) is 4.79 Å². The molecule has 0 fully saturated rings. The summed E-state index contributed by atoms with van der Waals surface area (Å²) in [6, 6.07) is 19.1. The van der Waals surface area contributed by atoms with Gasteiger partial charge in [0.25, 0.3) is 5.91 Å². The van der Waals surface area contributed by atoms with E-state index >= 15 is 0 Å². The van der Waals surface area contributed by atoms with Crippen molar-refractivity contribution >= 4 is 22.9 Å². The standard InChI is InChI=1S/C23H20N2O3S/c1-27-17-11-9-16(10-12-17)18-15-29-22(21(18)25-13-5-6-14-25)23(26)24-19-7-3-4-8-20(19)28-2/h3-15H,1-2H3,(H,24,26). The first-order chi connectivity index (χ1) is 14.2. The lowest BCUT2D eigenvalue weighted by atomic mass is 10.1. The van der Waals surface area contributed by atoms with Gasteiger partial charge < -0.3 is 19.4 Å². The molecule has 5 nitrogen and oxygen atoms in total. The molecule has 0 aliphatic carbocycles. The Bertz CT molecular complexity index is 1120. The molecule has 4 rings (SSSR count). The van der Waals surface area contributed by atoms with Crippen LogP contribution in [0.15, 0.2) is 78.4 Å². The Labute approximate surface area is 173 Å². The van der Waals surface area contributed by atoms with E-state index in [1.165, 1.54) is 11.3 Å². The van der Waals surface area contributed by atoms with Crippen LogP contribution in [0.3, 0.4) is 0 Å². The topological polar surface area (TPSA) is 52.5 Å². The third kappa shape index (κ3) is 3.75. The van der Waals surface area contributed by atoms with Crippen molar-refractivity contribution in [1.82, 2.24) is 4.57 Å². The highest BCUT2D eigenvalue weighted by atomic mass is 32.1. The summed E-state index contributed by atoms with van der Waals surface area (Å²) in [6.07, 6.45) is 3.88. The van der Waals surface area contributed by atoms with Gasteiger partial charge in [-0.3, -0.25) is 4.79 Å². The fraction of sp³-hybridized carbons (Fsp3) is 0.0870. The zero-order valence-corrected chi connectivity index (χ0v) is 16.9. The smallest absolute Gasteiger partial charge is 0.268 e. The Hall–Kier alpha value is -3.51. The van der Waals surface area contributed by atoms with Crippen LogP contribution in [0, 0.1) is 0 Å². The van der Waals surface area contributed by atoms with E-state index in [-0.39, 0.29) is 5.91 Å². The van der Waals surface area contributed by atoms with Gasteiger partial charge in [0.1, 0.15) is 16.4 Å². The Morgan fingerprint density at radius 2 is 1.66 bits per heavy atom. The van der Waals surface area contributed by atoms with Gasteiger partial charge in [-0.25, -0.2) is 0 Å². The molecule has 2 aromatic heterocycles. The lowest BCUT2D eigenvalue weighted by molar-refractivity contribution is 0.103. The Morgan fingerprint density at radius 1 is 0.931 bits per heavy atom. The van der Waals surface area contributed by atoms with Gasteiger partial charge in [-0.05, 0) is 42.0 Å². The van der Waals surface area contributed by atoms with Gasteiger partial charge in [0.15, 0.2) is 0 Å². The highest BCUT2D eigenvalue weighted by Gasteiger charge is 2.21. The van der Waals surface area contributed by atoms with Crippen LogP contribution in [-0.2, 0) is 0 Å². The maximum absolute atomic E-state index is 13.2. The predicted molar refractivity (Wildman–Crippen MR) is 117 cm³/mol. The van der Waals surface area contributed by atoms with Gasteiger partial charge in [-0.2, -0.15) is 0 Å². The fourth-order valence-electron chi connectivity index (χ4n) is 3.16. The van der Waals surface area contributed by atoms with Crippen molar-refractivity contribution in [1.29, 1.82) is 0 Å². The summed E-state index contributed by atoms with van der Waals surface area (Å²) >= 11 is 1.42. The molecular weight excluding hydrogens is 384 g/mol. The average molecular weight is 404 g/mol. The van der Waals surface area contributed by atoms with Gasteiger partial charge >= 0.3 is 0 Å². The van der Waals surface area contributed by atoms with E-state index in [4.69, 9.17) is 9.47 Å². The molecule has 4 aromatic rings. The molecule has 0 saturated heterocycles. The van der Waals surface area contributed by atoms with E-state index in [0.29, 0.717) is 16.3 Å². The summed E-state index contributed by atoms with van der Waals surface area (Å²) in [6.45, 7) is 0. The molecule has 2 heterocycles. The number of nitrogens with zero attached hydrogens (tertiary/aromatic N) is 1. The minimum absolute atomic E-state index is 0.178. The minimum atomic E-state index is -0.178. The van der Waals surface area contributed by atoms with Gasteiger partial charge in [0, 0.05) is 23.3 Å². The van der Waals surface area contributed by atoms with Crippen molar-refractivity contribution in [2.24, 2.45) is 0 Å². The first kappa shape index (κ1) is 18.8. The molecular formula is C23H20N2O3S.